The number of aliphatic hydroxyl groups excluding tert-OH is 1. The molecule has 3 aliphatic heterocycles. The fraction of sp³-hybridized carbons (Fsp3) is 0.600. The normalized spacial score (nSPS) is 22.3. The predicted molar refractivity (Wildman–Crippen MR) is 164 cm³/mol. The van der Waals surface area contributed by atoms with Gasteiger partial charge in [-0.3, -0.25) is 14.5 Å². The van der Waals surface area contributed by atoms with E-state index in [9.17, 15) is 25.0 Å². The van der Waals surface area contributed by atoms with E-state index in [1.807, 2.05) is 24.3 Å². The Morgan fingerprint density at radius 3 is 2.58 bits per heavy atom. The van der Waals surface area contributed by atoms with E-state index in [-0.39, 0.29) is 37.1 Å². The largest absolute Gasteiger partial charge is 0.461 e. The van der Waals surface area contributed by atoms with E-state index < -0.39 is 36.1 Å². The van der Waals surface area contributed by atoms with Crippen LogP contribution >= 0.6 is 11.3 Å². The van der Waals surface area contributed by atoms with Crippen LogP contribution in [0.1, 0.15) is 48.3 Å². The van der Waals surface area contributed by atoms with Gasteiger partial charge in [0.15, 0.2) is 5.69 Å². The zero-order valence-corrected chi connectivity index (χ0v) is 26.1. The lowest BCUT2D eigenvalue weighted by Crippen LogP contribution is -2.52. The van der Waals surface area contributed by atoms with Gasteiger partial charge >= 0.3 is 5.97 Å². The molecule has 3 saturated heterocycles. The quantitative estimate of drug-likeness (QED) is 0.161. The standard InChI is InChI=1S/C30H39N7O7S/c1-2-44-30(41)26-27(45-18-32-26)21-5-3-19(4-6-21)23(17-36-9-13-43-14-10-36)33-28(39)24-15-22(38)16-37(24)29(40)25(34-35-31)20-7-11-42-12-8-20/h3-6,18,20,22-25,38H,2,7-17H2,1H3,(H,33,39)/t22-,23+,24+,25+/m1/s1. The molecule has 0 aliphatic carbocycles. The third-order valence-electron chi connectivity index (χ3n) is 8.48. The summed E-state index contributed by atoms with van der Waals surface area (Å²) < 4.78 is 16.1. The first-order chi connectivity index (χ1) is 21.9. The van der Waals surface area contributed by atoms with Gasteiger partial charge < -0.3 is 29.5 Å². The zero-order valence-electron chi connectivity index (χ0n) is 25.2. The summed E-state index contributed by atoms with van der Waals surface area (Å²) in [4.78, 5) is 51.4. The molecule has 1 aromatic carbocycles. The molecule has 3 aliphatic rings. The fourth-order valence-electron chi connectivity index (χ4n) is 6.12. The van der Waals surface area contributed by atoms with E-state index in [0.717, 1.165) is 11.1 Å². The van der Waals surface area contributed by atoms with Gasteiger partial charge in [-0.1, -0.05) is 29.4 Å². The minimum Gasteiger partial charge on any atom is -0.461 e. The van der Waals surface area contributed by atoms with Crippen LogP contribution in [-0.4, -0.2) is 115 Å². The Morgan fingerprint density at radius 2 is 1.89 bits per heavy atom. The van der Waals surface area contributed by atoms with Crippen molar-refractivity contribution in [1.29, 1.82) is 0 Å². The number of thiazole rings is 1. The highest BCUT2D eigenvalue weighted by Gasteiger charge is 2.43. The number of esters is 1. The number of aliphatic hydroxyl groups is 1. The second kappa shape index (κ2) is 15.6. The molecular formula is C30H39N7O7S. The Balaban J connectivity index is 1.36. The molecule has 0 bridgehead atoms. The average molecular weight is 642 g/mol. The van der Waals surface area contributed by atoms with Crippen molar-refractivity contribution in [3.05, 3.63) is 51.5 Å². The zero-order chi connectivity index (χ0) is 31.8. The van der Waals surface area contributed by atoms with Gasteiger partial charge in [0.1, 0.15) is 12.1 Å². The monoisotopic (exact) mass is 641 g/mol. The number of carbonyl (C=O) groups excluding carboxylic acids is 3. The van der Waals surface area contributed by atoms with Crippen molar-refractivity contribution in [2.24, 2.45) is 11.0 Å². The van der Waals surface area contributed by atoms with E-state index in [1.165, 1.54) is 16.2 Å². The highest BCUT2D eigenvalue weighted by molar-refractivity contribution is 7.13. The van der Waals surface area contributed by atoms with Gasteiger partial charge in [0.05, 0.1) is 42.4 Å². The third-order valence-corrected chi connectivity index (χ3v) is 9.35. The van der Waals surface area contributed by atoms with E-state index >= 15 is 0 Å². The van der Waals surface area contributed by atoms with Crippen LogP contribution in [-0.2, 0) is 23.8 Å². The number of morpholine rings is 1. The molecule has 0 saturated carbocycles. The first kappa shape index (κ1) is 32.8. The van der Waals surface area contributed by atoms with Gasteiger partial charge in [0.2, 0.25) is 11.8 Å². The van der Waals surface area contributed by atoms with Crippen LogP contribution in [0.2, 0.25) is 0 Å². The predicted octanol–water partition coefficient (Wildman–Crippen LogP) is 2.54. The first-order valence-corrected chi connectivity index (χ1v) is 16.2. The fourth-order valence-corrected chi connectivity index (χ4v) is 6.90. The van der Waals surface area contributed by atoms with Crippen molar-refractivity contribution >= 4 is 29.1 Å². The van der Waals surface area contributed by atoms with Gasteiger partial charge in [-0.2, -0.15) is 0 Å². The summed E-state index contributed by atoms with van der Waals surface area (Å²) in [6.07, 6.45) is 0.349. The Morgan fingerprint density at radius 1 is 1.18 bits per heavy atom. The number of likely N-dealkylation sites (tertiary alicyclic amines) is 1. The van der Waals surface area contributed by atoms with Gasteiger partial charge in [0, 0.05) is 50.7 Å². The maximum atomic E-state index is 13.9. The van der Waals surface area contributed by atoms with Crippen LogP contribution in [0.4, 0.5) is 0 Å². The van der Waals surface area contributed by atoms with Gasteiger partial charge in [-0.25, -0.2) is 9.78 Å². The number of hydrogen-bond donors (Lipinski definition) is 2. The average Bonchev–Trinajstić information content (AvgIpc) is 3.72. The Hall–Kier alpha value is -3.59. The summed E-state index contributed by atoms with van der Waals surface area (Å²) in [6, 6.07) is 5.26. The number of amides is 2. The molecular weight excluding hydrogens is 602 g/mol. The molecule has 45 heavy (non-hydrogen) atoms. The van der Waals surface area contributed by atoms with E-state index in [1.54, 1.807) is 12.4 Å². The number of β-amino-alcohol motifs (C(OH)–C–C–N with tert-alkyl or cyclic N) is 1. The Kier molecular flexibility index (Phi) is 11.4. The van der Waals surface area contributed by atoms with Crippen molar-refractivity contribution in [2.45, 2.75) is 50.4 Å². The van der Waals surface area contributed by atoms with Crippen LogP contribution in [0, 0.1) is 5.92 Å². The number of azide groups is 1. The first-order valence-electron chi connectivity index (χ1n) is 15.3. The molecule has 0 radical (unpaired) electrons. The molecule has 4 heterocycles. The number of nitrogens with zero attached hydrogens (tertiary/aromatic N) is 6. The summed E-state index contributed by atoms with van der Waals surface area (Å²) in [7, 11) is 0. The van der Waals surface area contributed by atoms with Crippen molar-refractivity contribution < 1.29 is 33.7 Å². The molecule has 3 fully saturated rings. The number of carbonyl (C=O) groups is 3. The minimum atomic E-state index is -0.970. The second-order valence-corrected chi connectivity index (χ2v) is 12.2. The van der Waals surface area contributed by atoms with Crippen LogP contribution in [0.5, 0.6) is 0 Å². The van der Waals surface area contributed by atoms with Crippen molar-refractivity contribution in [2.75, 3.05) is 59.2 Å². The summed E-state index contributed by atoms with van der Waals surface area (Å²) >= 11 is 1.34. The number of nitrogens with one attached hydrogen (secondary N) is 1. The third kappa shape index (κ3) is 7.98. The molecule has 15 heteroatoms. The lowest BCUT2D eigenvalue weighted by Gasteiger charge is -2.34. The van der Waals surface area contributed by atoms with Gasteiger partial charge in [-0.15, -0.1) is 11.3 Å². The number of benzene rings is 1. The van der Waals surface area contributed by atoms with E-state index in [0.29, 0.717) is 63.8 Å². The number of hydrogen-bond acceptors (Lipinski definition) is 11. The van der Waals surface area contributed by atoms with Crippen LogP contribution in [0.25, 0.3) is 20.9 Å². The molecule has 0 spiro atoms. The minimum absolute atomic E-state index is 0.0158. The molecule has 242 valence electrons. The molecule has 1 aromatic heterocycles. The smallest absolute Gasteiger partial charge is 0.358 e. The number of aromatic nitrogens is 1. The molecule has 5 rings (SSSR count). The van der Waals surface area contributed by atoms with Crippen LogP contribution in [0.15, 0.2) is 34.9 Å². The maximum absolute atomic E-state index is 13.9. The topological polar surface area (TPSA) is 179 Å². The van der Waals surface area contributed by atoms with E-state index in [4.69, 9.17) is 14.2 Å². The number of ether oxygens (including phenoxy) is 3. The maximum Gasteiger partial charge on any atom is 0.358 e. The Bertz CT molecular complexity index is 1370. The van der Waals surface area contributed by atoms with Gasteiger partial charge in [-0.05, 0) is 42.3 Å². The SMILES string of the molecule is CCOC(=O)c1ncsc1-c1ccc([C@H](CN2CCOCC2)NC(=O)[C@@H]2C[C@@H](O)CN2C(=O)[C@@H](N=[N+]=[N-])C2CCOCC2)cc1. The summed E-state index contributed by atoms with van der Waals surface area (Å²) in [5, 5.41) is 17.5. The second-order valence-electron chi connectivity index (χ2n) is 11.3. The lowest BCUT2D eigenvalue weighted by molar-refractivity contribution is -0.141. The molecule has 0 unspecified atom stereocenters. The summed E-state index contributed by atoms with van der Waals surface area (Å²) in [5.74, 6) is -1.51. The molecule has 14 nitrogen and oxygen atoms in total. The molecule has 2 aromatic rings. The van der Waals surface area contributed by atoms with Crippen molar-refractivity contribution in [3.8, 4) is 10.4 Å². The summed E-state index contributed by atoms with van der Waals surface area (Å²) in [6.45, 7) is 6.02. The van der Waals surface area contributed by atoms with Gasteiger partial charge in [0.25, 0.3) is 0 Å². The van der Waals surface area contributed by atoms with Crippen LogP contribution < -0.4 is 5.32 Å². The highest BCUT2D eigenvalue weighted by Crippen LogP contribution is 2.31. The summed E-state index contributed by atoms with van der Waals surface area (Å²) in [5.41, 5.74) is 12.7. The highest BCUT2D eigenvalue weighted by atomic mass is 32.1. The van der Waals surface area contributed by atoms with E-state index in [2.05, 4.69) is 25.2 Å². The van der Waals surface area contributed by atoms with Crippen LogP contribution in [0.3, 0.4) is 0 Å². The Labute approximate surface area is 265 Å². The number of rotatable bonds is 11. The molecule has 2 amide bonds. The lowest BCUT2D eigenvalue weighted by atomic mass is 9.91. The molecule has 4 atom stereocenters. The molecule has 2 N–H and O–H groups in total. The van der Waals surface area contributed by atoms with Crippen molar-refractivity contribution in [1.82, 2.24) is 20.1 Å². The van der Waals surface area contributed by atoms with Crippen molar-refractivity contribution in [3.63, 3.8) is 0 Å².